The number of methoxy groups -OCH3 is 1. The maximum atomic E-state index is 10.4. The molecule has 0 aromatic heterocycles. The van der Waals surface area contributed by atoms with E-state index < -0.39 is 6.10 Å². The van der Waals surface area contributed by atoms with Crippen molar-refractivity contribution in [3.8, 4) is 5.75 Å². The Morgan fingerprint density at radius 1 is 1.26 bits per heavy atom. The van der Waals surface area contributed by atoms with Gasteiger partial charge in [0.15, 0.2) is 0 Å². The van der Waals surface area contributed by atoms with Gasteiger partial charge >= 0.3 is 0 Å². The second-order valence-corrected chi connectivity index (χ2v) is 6.32. The average Bonchev–Trinajstić information content (AvgIpc) is 2.41. The van der Waals surface area contributed by atoms with Gasteiger partial charge in [0.2, 0.25) is 0 Å². The van der Waals surface area contributed by atoms with Crippen molar-refractivity contribution in [2.75, 3.05) is 7.11 Å². The standard InChI is InChI=1S/C15H14BrIO2/c1-19-12-4-2-3-10(7-12)8-15(18)13-9-11(16)5-6-14(13)17/h2-7,9,15,18H,8H2,1H3. The second-order valence-electron chi connectivity index (χ2n) is 4.24. The van der Waals surface area contributed by atoms with E-state index in [9.17, 15) is 5.11 Å². The Labute approximate surface area is 135 Å². The van der Waals surface area contributed by atoms with E-state index in [-0.39, 0.29) is 0 Å². The molecule has 0 saturated heterocycles. The van der Waals surface area contributed by atoms with E-state index in [2.05, 4.69) is 38.5 Å². The molecule has 0 bridgehead atoms. The van der Waals surface area contributed by atoms with E-state index in [1.54, 1.807) is 7.11 Å². The molecule has 0 fully saturated rings. The fraction of sp³-hybridized carbons (Fsp3) is 0.200. The molecule has 2 rings (SSSR count). The number of aliphatic hydroxyl groups excluding tert-OH is 1. The van der Waals surface area contributed by atoms with E-state index in [4.69, 9.17) is 4.74 Å². The minimum absolute atomic E-state index is 0.517. The number of hydrogen-bond acceptors (Lipinski definition) is 2. The Morgan fingerprint density at radius 2 is 2.05 bits per heavy atom. The Morgan fingerprint density at radius 3 is 2.79 bits per heavy atom. The van der Waals surface area contributed by atoms with Gasteiger partial charge in [-0.1, -0.05) is 28.1 Å². The number of hydrogen-bond donors (Lipinski definition) is 1. The van der Waals surface area contributed by atoms with Crippen LogP contribution in [0, 0.1) is 3.57 Å². The third kappa shape index (κ3) is 3.94. The zero-order valence-corrected chi connectivity index (χ0v) is 14.2. The zero-order chi connectivity index (χ0) is 13.8. The molecule has 1 N–H and O–H groups in total. The fourth-order valence-electron chi connectivity index (χ4n) is 1.90. The Hall–Kier alpha value is -0.590. The predicted octanol–water partition coefficient (Wildman–Crippen LogP) is 4.34. The Balaban J connectivity index is 2.20. The summed E-state index contributed by atoms with van der Waals surface area (Å²) in [5.74, 6) is 0.814. The molecule has 0 amide bonds. The minimum Gasteiger partial charge on any atom is -0.497 e. The van der Waals surface area contributed by atoms with Crippen LogP contribution in [0.5, 0.6) is 5.75 Å². The van der Waals surface area contributed by atoms with Gasteiger partial charge in [-0.2, -0.15) is 0 Å². The van der Waals surface area contributed by atoms with Crippen molar-refractivity contribution in [2.24, 2.45) is 0 Å². The summed E-state index contributed by atoms with van der Waals surface area (Å²) in [5.41, 5.74) is 2.00. The van der Waals surface area contributed by atoms with Crippen LogP contribution in [0.15, 0.2) is 46.9 Å². The van der Waals surface area contributed by atoms with Gasteiger partial charge in [-0.25, -0.2) is 0 Å². The lowest BCUT2D eigenvalue weighted by molar-refractivity contribution is 0.177. The lowest BCUT2D eigenvalue weighted by Gasteiger charge is -2.14. The lowest BCUT2D eigenvalue weighted by Crippen LogP contribution is -2.04. The molecule has 0 spiro atoms. The number of halogens is 2. The van der Waals surface area contributed by atoms with Crippen molar-refractivity contribution >= 4 is 38.5 Å². The van der Waals surface area contributed by atoms with Gasteiger partial charge < -0.3 is 9.84 Å². The Kier molecular flexibility index (Phi) is 5.24. The van der Waals surface area contributed by atoms with Gasteiger partial charge in [-0.15, -0.1) is 0 Å². The molecule has 0 radical (unpaired) electrons. The number of aliphatic hydroxyl groups is 1. The summed E-state index contributed by atoms with van der Waals surface area (Å²) in [6.07, 6.45) is 0.0559. The van der Waals surface area contributed by atoms with Crippen LogP contribution in [0.2, 0.25) is 0 Å². The zero-order valence-electron chi connectivity index (χ0n) is 10.4. The topological polar surface area (TPSA) is 29.5 Å². The summed E-state index contributed by atoms with van der Waals surface area (Å²) in [6.45, 7) is 0. The normalized spacial score (nSPS) is 12.2. The summed E-state index contributed by atoms with van der Waals surface area (Å²) in [6, 6.07) is 13.7. The van der Waals surface area contributed by atoms with Gasteiger partial charge in [0.1, 0.15) is 5.75 Å². The van der Waals surface area contributed by atoms with Crippen LogP contribution >= 0.6 is 38.5 Å². The maximum absolute atomic E-state index is 10.4. The molecule has 2 aromatic rings. The van der Waals surface area contributed by atoms with E-state index in [0.717, 1.165) is 24.9 Å². The first kappa shape index (κ1) is 14.8. The van der Waals surface area contributed by atoms with Crippen LogP contribution in [-0.2, 0) is 6.42 Å². The van der Waals surface area contributed by atoms with Crippen LogP contribution in [0.3, 0.4) is 0 Å². The largest absolute Gasteiger partial charge is 0.497 e. The highest BCUT2D eigenvalue weighted by Gasteiger charge is 2.13. The van der Waals surface area contributed by atoms with E-state index in [1.807, 2.05) is 42.5 Å². The smallest absolute Gasteiger partial charge is 0.119 e. The van der Waals surface area contributed by atoms with Gasteiger partial charge in [0.05, 0.1) is 13.2 Å². The van der Waals surface area contributed by atoms with E-state index in [1.165, 1.54) is 0 Å². The van der Waals surface area contributed by atoms with E-state index >= 15 is 0 Å². The van der Waals surface area contributed by atoms with Crippen molar-refractivity contribution in [3.63, 3.8) is 0 Å². The molecule has 19 heavy (non-hydrogen) atoms. The van der Waals surface area contributed by atoms with Crippen molar-refractivity contribution in [1.29, 1.82) is 0 Å². The summed E-state index contributed by atoms with van der Waals surface area (Å²) in [7, 11) is 1.65. The number of benzene rings is 2. The van der Waals surface area contributed by atoms with Crippen molar-refractivity contribution < 1.29 is 9.84 Å². The maximum Gasteiger partial charge on any atom is 0.119 e. The predicted molar refractivity (Wildman–Crippen MR) is 88.5 cm³/mol. The quantitative estimate of drug-likeness (QED) is 0.728. The molecule has 4 heteroatoms. The minimum atomic E-state index is -0.517. The SMILES string of the molecule is COc1cccc(CC(O)c2cc(Br)ccc2I)c1. The second kappa shape index (κ2) is 6.72. The van der Waals surface area contributed by atoms with E-state index in [0.29, 0.717) is 6.42 Å². The van der Waals surface area contributed by atoms with Gasteiger partial charge in [0.25, 0.3) is 0 Å². The molecule has 0 aliphatic heterocycles. The molecule has 0 heterocycles. The highest BCUT2D eigenvalue weighted by Crippen LogP contribution is 2.27. The number of ether oxygens (including phenoxy) is 1. The molecular weight excluding hydrogens is 419 g/mol. The van der Waals surface area contributed by atoms with Crippen LogP contribution in [0.1, 0.15) is 17.2 Å². The lowest BCUT2D eigenvalue weighted by atomic mass is 10.0. The monoisotopic (exact) mass is 432 g/mol. The first-order chi connectivity index (χ1) is 9.10. The molecule has 0 aliphatic carbocycles. The van der Waals surface area contributed by atoms with Gasteiger partial charge in [-0.05, 0) is 64.0 Å². The highest BCUT2D eigenvalue weighted by atomic mass is 127. The molecule has 0 saturated carbocycles. The molecule has 100 valence electrons. The summed E-state index contributed by atoms with van der Waals surface area (Å²) in [5, 5.41) is 10.4. The Bertz CT molecular complexity index is 572. The molecule has 1 atom stereocenters. The molecular formula is C15H14BrIO2. The number of rotatable bonds is 4. The summed E-state index contributed by atoms with van der Waals surface area (Å²) in [4.78, 5) is 0. The van der Waals surface area contributed by atoms with Gasteiger partial charge in [-0.3, -0.25) is 0 Å². The third-order valence-electron chi connectivity index (χ3n) is 2.88. The fourth-order valence-corrected chi connectivity index (χ4v) is 2.98. The van der Waals surface area contributed by atoms with Crippen LogP contribution in [0.4, 0.5) is 0 Å². The van der Waals surface area contributed by atoms with Crippen LogP contribution in [-0.4, -0.2) is 12.2 Å². The molecule has 1 unspecified atom stereocenters. The first-order valence-corrected chi connectivity index (χ1v) is 7.73. The van der Waals surface area contributed by atoms with Crippen LogP contribution < -0.4 is 4.74 Å². The van der Waals surface area contributed by atoms with Crippen molar-refractivity contribution in [2.45, 2.75) is 12.5 Å². The third-order valence-corrected chi connectivity index (χ3v) is 4.36. The average molecular weight is 433 g/mol. The van der Waals surface area contributed by atoms with Crippen molar-refractivity contribution in [1.82, 2.24) is 0 Å². The molecule has 0 aliphatic rings. The first-order valence-electron chi connectivity index (χ1n) is 5.86. The highest BCUT2D eigenvalue weighted by molar-refractivity contribution is 14.1. The van der Waals surface area contributed by atoms with Crippen molar-refractivity contribution in [3.05, 3.63) is 61.6 Å². The van der Waals surface area contributed by atoms with Crippen LogP contribution in [0.25, 0.3) is 0 Å². The summed E-state index contributed by atoms with van der Waals surface area (Å²) >= 11 is 5.68. The summed E-state index contributed by atoms with van der Waals surface area (Å²) < 4.78 is 7.24. The molecule has 2 aromatic carbocycles. The molecule has 2 nitrogen and oxygen atoms in total. The van der Waals surface area contributed by atoms with Gasteiger partial charge in [0, 0.05) is 14.5 Å².